The molecule has 0 saturated heterocycles. The third kappa shape index (κ3) is 4.49. The number of allylic oxidation sites excluding steroid dienone is 1. The van der Waals surface area contributed by atoms with Crippen LogP contribution in [-0.4, -0.2) is 18.2 Å². The van der Waals surface area contributed by atoms with Crippen LogP contribution in [0.15, 0.2) is 66.9 Å². The normalized spacial score (nSPS) is 15.8. The van der Waals surface area contributed by atoms with E-state index in [1.807, 2.05) is 36.4 Å². The molecule has 2 aliphatic rings. The lowest BCUT2D eigenvalue weighted by Gasteiger charge is -2.21. The molecule has 5 heteroatoms. The molecule has 1 atom stereocenters. The van der Waals surface area contributed by atoms with Crippen LogP contribution in [0.1, 0.15) is 41.9 Å². The summed E-state index contributed by atoms with van der Waals surface area (Å²) in [5.74, 6) is 0.884. The van der Waals surface area contributed by atoms with Crippen LogP contribution in [0.25, 0.3) is 16.7 Å². The zero-order valence-electron chi connectivity index (χ0n) is 18.4. The van der Waals surface area contributed by atoms with Crippen molar-refractivity contribution in [3.8, 4) is 22.6 Å². The van der Waals surface area contributed by atoms with Crippen LogP contribution in [-0.2, 0) is 11.2 Å². The molecular formula is C28H25FO4. The zero-order valence-corrected chi connectivity index (χ0v) is 18.4. The highest BCUT2D eigenvalue weighted by Crippen LogP contribution is 2.46. The molecule has 0 radical (unpaired) electrons. The molecule has 1 fully saturated rings. The summed E-state index contributed by atoms with van der Waals surface area (Å²) >= 11 is 0. The summed E-state index contributed by atoms with van der Waals surface area (Å²) in [4.78, 5) is 11.4. The van der Waals surface area contributed by atoms with E-state index in [1.54, 1.807) is 25.5 Å². The van der Waals surface area contributed by atoms with E-state index in [0.29, 0.717) is 23.7 Å². The lowest BCUT2D eigenvalue weighted by atomic mass is 9.87. The molecule has 1 aliphatic heterocycles. The molecule has 3 aromatic rings. The summed E-state index contributed by atoms with van der Waals surface area (Å²) in [5, 5.41) is 9.34. The lowest BCUT2D eigenvalue weighted by molar-refractivity contribution is -0.137. The van der Waals surface area contributed by atoms with E-state index in [2.05, 4.69) is 6.07 Å². The number of hydrogen-bond donors (Lipinski definition) is 1. The Labute approximate surface area is 192 Å². The Balaban J connectivity index is 1.37. The Hall–Kier alpha value is -3.60. The van der Waals surface area contributed by atoms with Gasteiger partial charge in [-0.2, -0.15) is 0 Å². The number of aliphatic carboxylic acids is 1. The second-order valence-electron chi connectivity index (χ2n) is 8.77. The van der Waals surface area contributed by atoms with Crippen LogP contribution < -0.4 is 9.47 Å². The Morgan fingerprint density at radius 3 is 2.55 bits per heavy atom. The van der Waals surface area contributed by atoms with Crippen molar-refractivity contribution in [2.24, 2.45) is 5.92 Å². The van der Waals surface area contributed by atoms with Gasteiger partial charge in [-0.1, -0.05) is 36.4 Å². The highest BCUT2D eigenvalue weighted by Gasteiger charge is 2.34. The maximum atomic E-state index is 14.3. The number of fused-ring (bicyclic) bond motifs is 1. The second-order valence-corrected chi connectivity index (χ2v) is 8.77. The topological polar surface area (TPSA) is 55.8 Å². The predicted octanol–water partition coefficient (Wildman–Crippen LogP) is 6.45. The van der Waals surface area contributed by atoms with Gasteiger partial charge >= 0.3 is 5.97 Å². The number of carboxylic acids is 1. The predicted molar refractivity (Wildman–Crippen MR) is 125 cm³/mol. The Bertz CT molecular complexity index is 1230. The van der Waals surface area contributed by atoms with Crippen LogP contribution >= 0.6 is 0 Å². The number of carboxylic acid groups (broad SMARTS) is 1. The largest absolute Gasteiger partial charge is 0.497 e. The van der Waals surface area contributed by atoms with Crippen molar-refractivity contribution < 1.29 is 23.8 Å². The number of methoxy groups -OCH3 is 1. The molecule has 4 nitrogen and oxygen atoms in total. The second kappa shape index (κ2) is 8.74. The first-order chi connectivity index (χ1) is 16.0. The van der Waals surface area contributed by atoms with Crippen molar-refractivity contribution >= 4 is 11.5 Å². The van der Waals surface area contributed by atoms with Crippen LogP contribution in [0.2, 0.25) is 0 Å². The molecule has 33 heavy (non-hydrogen) atoms. The van der Waals surface area contributed by atoms with E-state index in [1.165, 1.54) is 6.07 Å². The van der Waals surface area contributed by atoms with Crippen LogP contribution in [0, 0.1) is 11.7 Å². The molecule has 1 heterocycles. The monoisotopic (exact) mass is 444 g/mol. The minimum absolute atomic E-state index is 0.0548. The molecule has 1 N–H and O–H groups in total. The average molecular weight is 445 g/mol. The molecule has 1 aliphatic carbocycles. The highest BCUT2D eigenvalue weighted by molar-refractivity contribution is 5.74. The van der Waals surface area contributed by atoms with Gasteiger partial charge < -0.3 is 14.6 Å². The molecule has 0 aromatic heterocycles. The molecule has 0 amide bonds. The van der Waals surface area contributed by atoms with Crippen LogP contribution in [0.4, 0.5) is 4.39 Å². The Morgan fingerprint density at radius 2 is 1.85 bits per heavy atom. The van der Waals surface area contributed by atoms with Gasteiger partial charge in [0.1, 0.15) is 17.3 Å². The van der Waals surface area contributed by atoms with Gasteiger partial charge in [-0.25, -0.2) is 4.39 Å². The number of hydrogen-bond acceptors (Lipinski definition) is 3. The number of rotatable bonds is 7. The van der Waals surface area contributed by atoms with E-state index >= 15 is 0 Å². The van der Waals surface area contributed by atoms with E-state index in [0.717, 1.165) is 46.4 Å². The summed E-state index contributed by atoms with van der Waals surface area (Å²) in [7, 11) is 1.56. The van der Waals surface area contributed by atoms with E-state index in [-0.39, 0.29) is 18.2 Å². The van der Waals surface area contributed by atoms with Gasteiger partial charge in [-0.05, 0) is 76.8 Å². The van der Waals surface area contributed by atoms with E-state index in [9.17, 15) is 14.3 Å². The van der Waals surface area contributed by atoms with Crippen molar-refractivity contribution in [3.05, 3.63) is 89.4 Å². The van der Waals surface area contributed by atoms with E-state index in [4.69, 9.17) is 9.47 Å². The van der Waals surface area contributed by atoms with Crippen LogP contribution in [0.3, 0.4) is 0 Å². The number of halogens is 1. The first-order valence-corrected chi connectivity index (χ1v) is 11.2. The van der Waals surface area contributed by atoms with Crippen molar-refractivity contribution in [3.63, 3.8) is 0 Å². The van der Waals surface area contributed by atoms with Gasteiger partial charge in [0.2, 0.25) is 0 Å². The third-order valence-electron chi connectivity index (χ3n) is 6.55. The summed E-state index contributed by atoms with van der Waals surface area (Å²) in [6.07, 6.45) is 4.81. The first kappa shape index (κ1) is 21.3. The molecule has 0 bridgehead atoms. The lowest BCUT2D eigenvalue weighted by Crippen LogP contribution is -2.10. The Kier molecular flexibility index (Phi) is 5.63. The van der Waals surface area contributed by atoms with Crippen molar-refractivity contribution in [2.75, 3.05) is 7.11 Å². The quantitative estimate of drug-likeness (QED) is 0.455. The summed E-state index contributed by atoms with van der Waals surface area (Å²) in [5.41, 5.74) is 5.43. The van der Waals surface area contributed by atoms with Crippen molar-refractivity contribution in [1.82, 2.24) is 0 Å². The van der Waals surface area contributed by atoms with Crippen molar-refractivity contribution in [1.29, 1.82) is 0 Å². The van der Waals surface area contributed by atoms with Crippen molar-refractivity contribution in [2.45, 2.75) is 31.6 Å². The molecule has 3 aromatic carbocycles. The van der Waals surface area contributed by atoms with Gasteiger partial charge in [-0.3, -0.25) is 4.79 Å². The minimum atomic E-state index is -0.756. The number of carbonyl (C=O) groups is 1. The number of benzene rings is 3. The minimum Gasteiger partial charge on any atom is -0.497 e. The molecular weight excluding hydrogens is 419 g/mol. The van der Waals surface area contributed by atoms with Gasteiger partial charge in [0, 0.05) is 12.0 Å². The standard InChI is InChI=1S/C28H25FO4/c1-32-23-9-10-26(29)25(14-23)19-4-2-17(3-5-19)22-13-21-12-20(8-11-27(21)33-16-22)24(15-28(30)31)18-6-7-18/h2-5,8-12,14,16,18,24H,6-7,13,15H2,1H3,(H,30,31). The van der Waals surface area contributed by atoms with Gasteiger partial charge in [-0.15, -0.1) is 0 Å². The fourth-order valence-corrected chi connectivity index (χ4v) is 4.59. The van der Waals surface area contributed by atoms with E-state index < -0.39 is 5.97 Å². The molecule has 168 valence electrons. The molecule has 5 rings (SSSR count). The maximum absolute atomic E-state index is 14.3. The average Bonchev–Trinajstić information content (AvgIpc) is 3.68. The highest BCUT2D eigenvalue weighted by atomic mass is 19.1. The summed E-state index contributed by atoms with van der Waals surface area (Å²) in [6.45, 7) is 0. The molecule has 1 saturated carbocycles. The fraction of sp³-hybridized carbons (Fsp3) is 0.250. The zero-order chi connectivity index (χ0) is 22.9. The smallest absolute Gasteiger partial charge is 0.303 e. The summed E-state index contributed by atoms with van der Waals surface area (Å²) < 4.78 is 25.4. The maximum Gasteiger partial charge on any atom is 0.303 e. The fourth-order valence-electron chi connectivity index (χ4n) is 4.59. The van der Waals surface area contributed by atoms with Crippen LogP contribution in [0.5, 0.6) is 11.5 Å². The van der Waals surface area contributed by atoms with Gasteiger partial charge in [0.25, 0.3) is 0 Å². The first-order valence-electron chi connectivity index (χ1n) is 11.2. The summed E-state index contributed by atoms with van der Waals surface area (Å²) in [6, 6.07) is 18.5. The SMILES string of the molecule is COc1ccc(F)c(-c2ccc(C3=COc4ccc(C(CC(=O)O)C5CC5)cc4C3)cc2)c1. The van der Waals surface area contributed by atoms with Gasteiger partial charge in [0.05, 0.1) is 19.8 Å². The molecule has 1 unspecified atom stereocenters. The third-order valence-corrected chi connectivity index (χ3v) is 6.55. The van der Waals surface area contributed by atoms with Gasteiger partial charge in [0.15, 0.2) is 0 Å². The Morgan fingerprint density at radius 1 is 1.09 bits per heavy atom. The number of ether oxygens (including phenoxy) is 2. The molecule has 0 spiro atoms.